The summed E-state index contributed by atoms with van der Waals surface area (Å²) in [5, 5.41) is 4.31. The Bertz CT molecular complexity index is 1440. The van der Waals surface area contributed by atoms with Crippen molar-refractivity contribution < 1.29 is 13.2 Å². The Kier molecular flexibility index (Phi) is 5.30. The van der Waals surface area contributed by atoms with Crippen molar-refractivity contribution in [2.45, 2.75) is 49.7 Å². The summed E-state index contributed by atoms with van der Waals surface area (Å²) in [6, 6.07) is 4.42. The lowest BCUT2D eigenvalue weighted by molar-refractivity contribution is -0.0395. The first kappa shape index (κ1) is 22.1. The van der Waals surface area contributed by atoms with E-state index in [4.69, 9.17) is 4.74 Å². The molecule has 11 heteroatoms. The van der Waals surface area contributed by atoms with Gasteiger partial charge in [-0.2, -0.15) is 5.10 Å². The summed E-state index contributed by atoms with van der Waals surface area (Å²) in [6.07, 6.45) is 5.66. The van der Waals surface area contributed by atoms with Gasteiger partial charge in [0.25, 0.3) is 5.56 Å². The Hall–Kier alpha value is -2.76. The molecule has 1 saturated carbocycles. The minimum atomic E-state index is -3.80. The van der Waals surface area contributed by atoms with Crippen molar-refractivity contribution in [1.29, 1.82) is 0 Å². The molecule has 0 unspecified atom stereocenters. The molecular formula is C22H27N5O5S. The molecule has 1 aliphatic heterocycles. The van der Waals surface area contributed by atoms with E-state index in [9.17, 15) is 18.0 Å². The lowest BCUT2D eigenvalue weighted by atomic mass is 10.1. The van der Waals surface area contributed by atoms with Crippen LogP contribution in [-0.4, -0.2) is 46.1 Å². The zero-order chi connectivity index (χ0) is 23.4. The van der Waals surface area contributed by atoms with Crippen molar-refractivity contribution in [2.75, 3.05) is 13.2 Å². The normalized spacial score (nSPS) is 17.9. The van der Waals surface area contributed by atoms with Gasteiger partial charge in [-0.05, 0) is 37.5 Å². The highest BCUT2D eigenvalue weighted by Crippen LogP contribution is 2.39. The Labute approximate surface area is 190 Å². The summed E-state index contributed by atoms with van der Waals surface area (Å²) >= 11 is 0. The molecule has 2 aliphatic rings. The van der Waals surface area contributed by atoms with Gasteiger partial charge in [-0.3, -0.25) is 18.6 Å². The van der Waals surface area contributed by atoms with Crippen molar-refractivity contribution in [3.05, 3.63) is 57.0 Å². The smallest absolute Gasteiger partial charge is 0.331 e. The number of ether oxygens (including phenoxy) is 1. The molecule has 176 valence electrons. The zero-order valence-electron chi connectivity index (χ0n) is 18.7. The van der Waals surface area contributed by atoms with Crippen LogP contribution in [0.25, 0.3) is 10.9 Å². The minimum absolute atomic E-state index is 0.0249. The zero-order valence-corrected chi connectivity index (χ0v) is 19.5. The van der Waals surface area contributed by atoms with Crippen LogP contribution >= 0.6 is 0 Å². The lowest BCUT2D eigenvalue weighted by Crippen LogP contribution is -2.43. The summed E-state index contributed by atoms with van der Waals surface area (Å²) < 4.78 is 38.5. The van der Waals surface area contributed by atoms with Gasteiger partial charge in [-0.1, -0.05) is 6.92 Å². The first-order chi connectivity index (χ1) is 15.7. The van der Waals surface area contributed by atoms with E-state index < -0.39 is 26.8 Å². The van der Waals surface area contributed by atoms with Gasteiger partial charge in [0, 0.05) is 36.8 Å². The number of aromatic nitrogens is 4. The van der Waals surface area contributed by atoms with Crippen LogP contribution in [0.2, 0.25) is 0 Å². The fourth-order valence-corrected chi connectivity index (χ4v) is 5.85. The lowest BCUT2D eigenvalue weighted by Gasteiger charge is -2.27. The number of aryl methyl sites for hydroxylation is 1. The van der Waals surface area contributed by atoms with Crippen molar-refractivity contribution in [3.8, 4) is 0 Å². The minimum Gasteiger partial charge on any atom is -0.381 e. The number of rotatable bonds is 8. The predicted molar refractivity (Wildman–Crippen MR) is 122 cm³/mol. The van der Waals surface area contributed by atoms with Gasteiger partial charge in [0.2, 0.25) is 10.0 Å². The Morgan fingerprint density at radius 2 is 1.97 bits per heavy atom. The van der Waals surface area contributed by atoms with E-state index in [1.54, 1.807) is 34.8 Å². The summed E-state index contributed by atoms with van der Waals surface area (Å²) in [5.41, 5.74) is -0.209. The molecule has 33 heavy (non-hydrogen) atoms. The maximum absolute atomic E-state index is 13.4. The molecule has 2 fully saturated rings. The average Bonchev–Trinajstić information content (AvgIpc) is 3.40. The summed E-state index contributed by atoms with van der Waals surface area (Å²) in [7, 11) is -2.04. The quantitative estimate of drug-likeness (QED) is 0.518. The number of benzene rings is 1. The van der Waals surface area contributed by atoms with Crippen LogP contribution < -0.4 is 16.0 Å². The molecule has 5 rings (SSSR count). The van der Waals surface area contributed by atoms with Crippen molar-refractivity contribution in [1.82, 2.24) is 23.6 Å². The van der Waals surface area contributed by atoms with Crippen LogP contribution in [0.3, 0.4) is 0 Å². The van der Waals surface area contributed by atoms with Crippen LogP contribution in [0.1, 0.15) is 31.7 Å². The number of sulfonamides is 1. The molecule has 1 N–H and O–H groups in total. The molecule has 10 nitrogen and oxygen atoms in total. The predicted octanol–water partition coefficient (Wildman–Crippen LogP) is 0.812. The van der Waals surface area contributed by atoms with Gasteiger partial charge < -0.3 is 4.74 Å². The van der Waals surface area contributed by atoms with E-state index in [0.717, 1.165) is 17.4 Å². The Balaban J connectivity index is 1.64. The average molecular weight is 474 g/mol. The molecule has 3 heterocycles. The van der Waals surface area contributed by atoms with Crippen molar-refractivity contribution >= 4 is 20.9 Å². The fourth-order valence-electron chi connectivity index (χ4n) is 4.29. The highest BCUT2D eigenvalue weighted by atomic mass is 32.2. The first-order valence-electron chi connectivity index (χ1n) is 11.1. The van der Waals surface area contributed by atoms with Gasteiger partial charge in [0.05, 0.1) is 41.8 Å². The molecule has 1 aromatic carbocycles. The fraction of sp³-hybridized carbons (Fsp3) is 0.500. The highest BCUT2D eigenvalue weighted by Gasteiger charge is 2.44. The molecule has 0 bridgehead atoms. The van der Waals surface area contributed by atoms with Gasteiger partial charge in [0.15, 0.2) is 0 Å². The number of hydrogen-bond donors (Lipinski definition) is 1. The van der Waals surface area contributed by atoms with E-state index in [-0.39, 0.29) is 22.7 Å². The Morgan fingerprint density at radius 1 is 1.21 bits per heavy atom. The van der Waals surface area contributed by atoms with Gasteiger partial charge in [-0.15, -0.1) is 0 Å². The molecular weight excluding hydrogens is 446 g/mol. The van der Waals surface area contributed by atoms with E-state index in [0.29, 0.717) is 37.3 Å². The second-order valence-electron chi connectivity index (χ2n) is 9.13. The summed E-state index contributed by atoms with van der Waals surface area (Å²) in [5.74, 6) is 0.166. The molecule has 1 aliphatic carbocycles. The third kappa shape index (κ3) is 4.04. The van der Waals surface area contributed by atoms with Crippen LogP contribution in [-0.2, 0) is 34.9 Å². The number of nitrogens with one attached hydrogen (secondary N) is 1. The summed E-state index contributed by atoms with van der Waals surface area (Å²) in [4.78, 5) is 26.8. The third-order valence-corrected chi connectivity index (χ3v) is 8.21. The first-order valence-corrected chi connectivity index (χ1v) is 12.6. The summed E-state index contributed by atoms with van der Waals surface area (Å²) in [6.45, 7) is 3.49. The number of nitrogens with zero attached hydrogens (tertiary/aromatic N) is 4. The molecule has 2 aromatic heterocycles. The third-order valence-electron chi connectivity index (χ3n) is 6.63. The van der Waals surface area contributed by atoms with E-state index >= 15 is 0 Å². The van der Waals surface area contributed by atoms with E-state index in [2.05, 4.69) is 9.82 Å². The van der Waals surface area contributed by atoms with Crippen LogP contribution in [0.4, 0.5) is 0 Å². The number of fused-ring (bicyclic) bond motifs is 1. The van der Waals surface area contributed by atoms with Crippen LogP contribution in [0, 0.1) is 5.92 Å². The molecule has 0 radical (unpaired) electrons. The second kappa shape index (κ2) is 7.93. The molecule has 3 aromatic rings. The topological polar surface area (TPSA) is 117 Å². The molecule has 0 spiro atoms. The number of hydrogen-bond acceptors (Lipinski definition) is 6. The largest absolute Gasteiger partial charge is 0.381 e. The van der Waals surface area contributed by atoms with E-state index in [1.807, 2.05) is 6.92 Å². The maximum atomic E-state index is 13.4. The van der Waals surface area contributed by atoms with Crippen molar-refractivity contribution in [2.24, 2.45) is 13.0 Å². The molecule has 0 amide bonds. The van der Waals surface area contributed by atoms with Gasteiger partial charge in [0.1, 0.15) is 0 Å². The molecule has 0 atom stereocenters. The van der Waals surface area contributed by atoms with Gasteiger partial charge >= 0.3 is 5.69 Å². The van der Waals surface area contributed by atoms with Crippen LogP contribution in [0.5, 0.6) is 0 Å². The standard InChI is InChI=1S/C22H27N5O5S/c1-3-22(6-7-22)24-33(30,31)17-4-5-19-18(8-17)20(28)27(11-15-9-23-25(2)10-15)21(29)26(19)12-16-13-32-14-16/h4-5,8-10,16,24H,3,6-7,11-14H2,1-2H3. The van der Waals surface area contributed by atoms with E-state index in [1.165, 1.54) is 12.1 Å². The van der Waals surface area contributed by atoms with Crippen molar-refractivity contribution in [3.63, 3.8) is 0 Å². The monoisotopic (exact) mass is 473 g/mol. The van der Waals surface area contributed by atoms with Crippen LogP contribution in [0.15, 0.2) is 45.1 Å². The second-order valence-corrected chi connectivity index (χ2v) is 10.8. The molecule has 1 saturated heterocycles. The van der Waals surface area contributed by atoms with Gasteiger partial charge in [-0.25, -0.2) is 17.9 Å². The maximum Gasteiger partial charge on any atom is 0.331 e. The highest BCUT2D eigenvalue weighted by molar-refractivity contribution is 7.89. The Morgan fingerprint density at radius 3 is 2.55 bits per heavy atom. The SMILES string of the molecule is CCC1(NS(=O)(=O)c2ccc3c(c2)c(=O)n(Cc2cnn(C)c2)c(=O)n3CC2COC2)CC1.